The average molecular weight is 219 g/mol. The Morgan fingerprint density at radius 2 is 1.94 bits per heavy atom. The number of methoxy groups -OCH3 is 2. The summed E-state index contributed by atoms with van der Waals surface area (Å²) in [6.45, 7) is 1.85. The third kappa shape index (κ3) is 1.43. The molecule has 0 aliphatic rings. The van der Waals surface area contributed by atoms with Crippen molar-refractivity contribution in [3.8, 4) is 11.5 Å². The smallest absolute Gasteiger partial charge is 0.291 e. The monoisotopic (exact) mass is 219 g/mol. The van der Waals surface area contributed by atoms with Gasteiger partial charge in [-0.2, -0.15) is 0 Å². The van der Waals surface area contributed by atoms with E-state index in [4.69, 9.17) is 9.47 Å². The second kappa shape index (κ2) is 3.89. The first-order valence-electron chi connectivity index (χ1n) is 4.92. The van der Waals surface area contributed by atoms with Crippen LogP contribution in [0.25, 0.3) is 10.8 Å². The lowest BCUT2D eigenvalue weighted by atomic mass is 10.1. The van der Waals surface area contributed by atoms with E-state index in [0.717, 1.165) is 11.1 Å². The van der Waals surface area contributed by atoms with Crippen LogP contribution in [0.4, 0.5) is 0 Å². The number of hydrogen-bond acceptors (Lipinski definition) is 3. The molecule has 0 fully saturated rings. The number of pyridine rings is 1. The van der Waals surface area contributed by atoms with Crippen molar-refractivity contribution in [1.82, 2.24) is 4.98 Å². The topological polar surface area (TPSA) is 51.3 Å². The zero-order chi connectivity index (χ0) is 11.7. The average Bonchev–Trinajstić information content (AvgIpc) is 2.29. The first-order chi connectivity index (χ1) is 7.69. The van der Waals surface area contributed by atoms with Crippen LogP contribution in [0.2, 0.25) is 0 Å². The number of ether oxygens (including phenoxy) is 2. The third-order valence-electron chi connectivity index (χ3n) is 2.59. The van der Waals surface area contributed by atoms with E-state index >= 15 is 0 Å². The van der Waals surface area contributed by atoms with Gasteiger partial charge in [-0.1, -0.05) is 12.1 Å². The zero-order valence-corrected chi connectivity index (χ0v) is 9.46. The van der Waals surface area contributed by atoms with Gasteiger partial charge in [0, 0.05) is 11.1 Å². The van der Waals surface area contributed by atoms with Gasteiger partial charge in [-0.25, -0.2) is 0 Å². The van der Waals surface area contributed by atoms with E-state index in [9.17, 15) is 4.79 Å². The molecule has 0 saturated carbocycles. The van der Waals surface area contributed by atoms with Gasteiger partial charge < -0.3 is 14.5 Å². The van der Waals surface area contributed by atoms with Gasteiger partial charge in [0.1, 0.15) is 5.75 Å². The van der Waals surface area contributed by atoms with E-state index in [-0.39, 0.29) is 11.3 Å². The predicted octanol–water partition coefficient (Wildman–Crippen LogP) is 1.85. The van der Waals surface area contributed by atoms with Gasteiger partial charge in [-0.3, -0.25) is 4.79 Å². The second-order valence-corrected chi connectivity index (χ2v) is 3.50. The van der Waals surface area contributed by atoms with Crippen molar-refractivity contribution in [2.24, 2.45) is 0 Å². The molecule has 2 rings (SSSR count). The number of hydrogen-bond donors (Lipinski definition) is 1. The Hall–Kier alpha value is -1.97. The number of H-pyrrole nitrogens is 1. The summed E-state index contributed by atoms with van der Waals surface area (Å²) in [6, 6.07) is 5.61. The molecule has 0 radical (unpaired) electrons. The van der Waals surface area contributed by atoms with Crippen molar-refractivity contribution in [2.45, 2.75) is 6.92 Å². The van der Waals surface area contributed by atoms with Crippen LogP contribution in [0.5, 0.6) is 11.5 Å². The van der Waals surface area contributed by atoms with Gasteiger partial charge in [0.2, 0.25) is 0 Å². The molecule has 4 nitrogen and oxygen atoms in total. The predicted molar refractivity (Wildman–Crippen MR) is 62.4 cm³/mol. The number of nitrogens with one attached hydrogen (secondary N) is 1. The zero-order valence-electron chi connectivity index (χ0n) is 9.46. The van der Waals surface area contributed by atoms with E-state index in [1.165, 1.54) is 7.11 Å². The molecule has 4 heteroatoms. The summed E-state index contributed by atoms with van der Waals surface area (Å²) < 4.78 is 10.4. The maximum atomic E-state index is 11.7. The Balaban J connectivity index is 3.00. The highest BCUT2D eigenvalue weighted by molar-refractivity contribution is 5.94. The first kappa shape index (κ1) is 10.5. The minimum absolute atomic E-state index is 0.239. The lowest BCUT2D eigenvalue weighted by Crippen LogP contribution is -2.11. The summed E-state index contributed by atoms with van der Waals surface area (Å²) in [4.78, 5) is 14.5. The van der Waals surface area contributed by atoms with Gasteiger partial charge >= 0.3 is 0 Å². The summed E-state index contributed by atoms with van der Waals surface area (Å²) >= 11 is 0. The molecule has 0 bridgehead atoms. The fourth-order valence-electron chi connectivity index (χ4n) is 1.85. The summed E-state index contributed by atoms with van der Waals surface area (Å²) in [6.07, 6.45) is 0. The molecule has 0 aliphatic carbocycles. The highest BCUT2D eigenvalue weighted by atomic mass is 16.5. The molecule has 0 atom stereocenters. The summed E-state index contributed by atoms with van der Waals surface area (Å²) in [5.41, 5.74) is 0.566. The number of fused-ring (bicyclic) bond motifs is 1. The van der Waals surface area contributed by atoms with Crippen molar-refractivity contribution >= 4 is 10.8 Å². The normalized spacial score (nSPS) is 10.4. The number of aromatic amines is 1. The Morgan fingerprint density at radius 1 is 1.19 bits per heavy atom. The SMILES string of the molecule is COc1cccc2c(C)[nH]c(=O)c(OC)c12. The molecule has 16 heavy (non-hydrogen) atoms. The van der Waals surface area contributed by atoms with Crippen LogP contribution in [-0.4, -0.2) is 19.2 Å². The molecule has 0 spiro atoms. The maximum absolute atomic E-state index is 11.7. The number of rotatable bonds is 2. The lowest BCUT2D eigenvalue weighted by Gasteiger charge is -2.10. The van der Waals surface area contributed by atoms with Crippen molar-refractivity contribution in [3.05, 3.63) is 34.2 Å². The van der Waals surface area contributed by atoms with Crippen LogP contribution in [0.3, 0.4) is 0 Å². The van der Waals surface area contributed by atoms with Gasteiger partial charge in [0.25, 0.3) is 5.56 Å². The Labute approximate surface area is 92.8 Å². The quantitative estimate of drug-likeness (QED) is 0.838. The van der Waals surface area contributed by atoms with Crippen LogP contribution >= 0.6 is 0 Å². The molecular formula is C12H13NO3. The molecule has 1 aromatic carbocycles. The van der Waals surface area contributed by atoms with Gasteiger partial charge in [0.15, 0.2) is 5.75 Å². The largest absolute Gasteiger partial charge is 0.496 e. The van der Waals surface area contributed by atoms with E-state index in [2.05, 4.69) is 4.98 Å². The highest BCUT2D eigenvalue weighted by Gasteiger charge is 2.13. The summed E-state index contributed by atoms with van der Waals surface area (Å²) in [5.74, 6) is 0.932. The molecule has 2 aromatic rings. The van der Waals surface area contributed by atoms with Crippen molar-refractivity contribution in [3.63, 3.8) is 0 Å². The van der Waals surface area contributed by atoms with Crippen LogP contribution in [0.15, 0.2) is 23.0 Å². The van der Waals surface area contributed by atoms with Crippen LogP contribution in [0, 0.1) is 6.92 Å². The molecular weight excluding hydrogens is 206 g/mol. The van der Waals surface area contributed by atoms with E-state index < -0.39 is 0 Å². The molecule has 0 aliphatic heterocycles. The fourth-order valence-corrected chi connectivity index (χ4v) is 1.85. The number of benzene rings is 1. The molecule has 1 heterocycles. The van der Waals surface area contributed by atoms with E-state index in [1.54, 1.807) is 7.11 Å². The van der Waals surface area contributed by atoms with Crippen LogP contribution in [0.1, 0.15) is 5.69 Å². The van der Waals surface area contributed by atoms with Crippen molar-refractivity contribution < 1.29 is 9.47 Å². The van der Waals surface area contributed by atoms with E-state index in [0.29, 0.717) is 11.1 Å². The molecule has 84 valence electrons. The molecule has 0 unspecified atom stereocenters. The maximum Gasteiger partial charge on any atom is 0.291 e. The van der Waals surface area contributed by atoms with Gasteiger partial charge in [0.05, 0.1) is 19.6 Å². The first-order valence-corrected chi connectivity index (χ1v) is 4.92. The van der Waals surface area contributed by atoms with E-state index in [1.807, 2.05) is 25.1 Å². The minimum Gasteiger partial charge on any atom is -0.496 e. The van der Waals surface area contributed by atoms with Gasteiger partial charge in [-0.05, 0) is 13.0 Å². The standard InChI is InChI=1S/C12H13NO3/c1-7-8-5-4-6-9(15-2)10(8)11(16-3)12(14)13-7/h4-6H,1-3H3,(H,13,14). The Morgan fingerprint density at radius 3 is 2.56 bits per heavy atom. The Bertz CT molecular complexity index is 587. The summed E-state index contributed by atoms with van der Waals surface area (Å²) in [7, 11) is 3.05. The fraction of sp³-hybridized carbons (Fsp3) is 0.250. The molecule has 1 aromatic heterocycles. The van der Waals surface area contributed by atoms with Crippen molar-refractivity contribution in [2.75, 3.05) is 14.2 Å². The highest BCUT2D eigenvalue weighted by Crippen LogP contribution is 2.32. The van der Waals surface area contributed by atoms with Crippen molar-refractivity contribution in [1.29, 1.82) is 0 Å². The number of aromatic nitrogens is 1. The van der Waals surface area contributed by atoms with Gasteiger partial charge in [-0.15, -0.1) is 0 Å². The Kier molecular flexibility index (Phi) is 2.56. The molecule has 1 N–H and O–H groups in total. The molecule has 0 amide bonds. The lowest BCUT2D eigenvalue weighted by molar-refractivity contribution is 0.401. The third-order valence-corrected chi connectivity index (χ3v) is 2.59. The van der Waals surface area contributed by atoms with Crippen LogP contribution in [-0.2, 0) is 0 Å². The number of aryl methyl sites for hydroxylation is 1. The second-order valence-electron chi connectivity index (χ2n) is 3.50. The summed E-state index contributed by atoms with van der Waals surface area (Å²) in [5, 5.41) is 1.64. The minimum atomic E-state index is -0.239. The molecule has 0 saturated heterocycles. The van der Waals surface area contributed by atoms with Crippen LogP contribution < -0.4 is 15.0 Å².